The van der Waals surface area contributed by atoms with E-state index in [-0.39, 0.29) is 10.7 Å². The summed E-state index contributed by atoms with van der Waals surface area (Å²) in [7, 11) is -3.65. The molecule has 1 aliphatic heterocycles. The first-order valence-electron chi connectivity index (χ1n) is 8.95. The number of anilines is 1. The molecule has 6 heteroatoms. The van der Waals surface area contributed by atoms with Crippen LogP contribution in [0.2, 0.25) is 0 Å². The molecule has 0 fully saturated rings. The molecule has 4 nitrogen and oxygen atoms in total. The summed E-state index contributed by atoms with van der Waals surface area (Å²) in [6, 6.07) is 18.4. The molecule has 1 heterocycles. The predicted octanol–water partition coefficient (Wildman–Crippen LogP) is 4.33. The second-order valence-electron chi connectivity index (χ2n) is 6.78. The van der Waals surface area contributed by atoms with Crippen molar-refractivity contribution in [2.75, 3.05) is 11.3 Å². The molecule has 0 aliphatic carbocycles. The van der Waals surface area contributed by atoms with Crippen molar-refractivity contribution < 1.29 is 12.8 Å². The molecule has 0 aromatic heterocycles. The fourth-order valence-corrected chi connectivity index (χ4v) is 4.29. The molecule has 3 aromatic rings. The van der Waals surface area contributed by atoms with Gasteiger partial charge in [0.25, 0.3) is 10.0 Å². The molecule has 0 unspecified atom stereocenters. The predicted molar refractivity (Wildman–Crippen MR) is 109 cm³/mol. The maximum atomic E-state index is 13.7. The third kappa shape index (κ3) is 3.68. The van der Waals surface area contributed by atoms with Gasteiger partial charge in [0, 0.05) is 23.4 Å². The largest absolute Gasteiger partial charge is 0.284 e. The minimum absolute atomic E-state index is 0.211. The lowest BCUT2D eigenvalue weighted by atomic mass is 9.93. The van der Waals surface area contributed by atoms with Crippen molar-refractivity contribution in [3.63, 3.8) is 0 Å². The normalized spacial score (nSPS) is 13.6. The number of nitrogens with zero attached hydrogens (tertiary/aromatic N) is 1. The van der Waals surface area contributed by atoms with Gasteiger partial charge in [-0.05, 0) is 55.3 Å². The smallest absolute Gasteiger partial charge is 0.261 e. The number of benzene rings is 3. The van der Waals surface area contributed by atoms with Crippen LogP contribution in [0.1, 0.15) is 22.3 Å². The van der Waals surface area contributed by atoms with Crippen LogP contribution < -0.4 is 4.72 Å². The molecule has 0 bridgehead atoms. The molecular weight excluding hydrogens is 375 g/mol. The zero-order valence-corrected chi connectivity index (χ0v) is 16.1. The standard InChI is InChI=1S/C22H19FN2O2S/c1-15-2-10-20(11-3-15)28(26,27)25-19-8-5-17(6-9-19)22-21-14-18(23)7-4-16(21)12-13-24-22/h2-11,14,25H,12-13H2,1H3. The number of sulfonamides is 1. The molecule has 0 amide bonds. The molecule has 0 saturated carbocycles. The van der Waals surface area contributed by atoms with Crippen LogP contribution in [-0.4, -0.2) is 20.7 Å². The first-order chi connectivity index (χ1) is 13.4. The van der Waals surface area contributed by atoms with E-state index >= 15 is 0 Å². The number of rotatable bonds is 4. The fraction of sp³-hybridized carbons (Fsp3) is 0.136. The topological polar surface area (TPSA) is 58.5 Å². The van der Waals surface area contributed by atoms with E-state index in [1.165, 1.54) is 12.1 Å². The molecule has 1 N–H and O–H groups in total. The third-order valence-electron chi connectivity index (χ3n) is 4.72. The van der Waals surface area contributed by atoms with E-state index in [9.17, 15) is 12.8 Å². The summed E-state index contributed by atoms with van der Waals surface area (Å²) in [6.07, 6.45) is 0.785. The number of nitrogens with one attached hydrogen (secondary N) is 1. The van der Waals surface area contributed by atoms with Crippen LogP contribution in [0, 0.1) is 12.7 Å². The van der Waals surface area contributed by atoms with Crippen molar-refractivity contribution in [1.82, 2.24) is 0 Å². The molecule has 142 valence electrons. The quantitative estimate of drug-likeness (QED) is 0.716. The van der Waals surface area contributed by atoms with Gasteiger partial charge in [-0.25, -0.2) is 12.8 Å². The van der Waals surface area contributed by atoms with Crippen LogP contribution in [-0.2, 0) is 16.4 Å². The Bertz CT molecular complexity index is 1150. The number of aliphatic imine (C=N–C) groups is 1. The van der Waals surface area contributed by atoms with Gasteiger partial charge in [-0.15, -0.1) is 0 Å². The van der Waals surface area contributed by atoms with Gasteiger partial charge in [0.15, 0.2) is 0 Å². The van der Waals surface area contributed by atoms with Gasteiger partial charge in [0.1, 0.15) is 5.82 Å². The van der Waals surface area contributed by atoms with Crippen molar-refractivity contribution >= 4 is 21.4 Å². The average Bonchev–Trinajstić information content (AvgIpc) is 2.68. The Labute approximate surface area is 163 Å². The minimum atomic E-state index is -3.65. The molecule has 4 rings (SSSR count). The van der Waals surface area contributed by atoms with Crippen LogP contribution in [0.3, 0.4) is 0 Å². The zero-order chi connectivity index (χ0) is 19.7. The Morgan fingerprint density at radius 1 is 0.964 bits per heavy atom. The molecule has 3 aromatic carbocycles. The van der Waals surface area contributed by atoms with E-state index in [0.29, 0.717) is 12.2 Å². The lowest BCUT2D eigenvalue weighted by molar-refractivity contribution is 0.601. The Kier molecular flexibility index (Phi) is 4.73. The zero-order valence-electron chi connectivity index (χ0n) is 15.3. The SMILES string of the molecule is Cc1ccc(S(=O)(=O)Nc2ccc(C3=NCCc4ccc(F)cc43)cc2)cc1. The Balaban J connectivity index is 1.59. The van der Waals surface area contributed by atoms with Gasteiger partial charge in [-0.2, -0.15) is 0 Å². The highest BCUT2D eigenvalue weighted by Crippen LogP contribution is 2.23. The lowest BCUT2D eigenvalue weighted by Gasteiger charge is -2.17. The number of fused-ring (bicyclic) bond motifs is 1. The first kappa shape index (κ1) is 18.4. The maximum Gasteiger partial charge on any atom is 0.261 e. The van der Waals surface area contributed by atoms with E-state index in [1.807, 2.05) is 6.92 Å². The lowest BCUT2D eigenvalue weighted by Crippen LogP contribution is -2.15. The van der Waals surface area contributed by atoms with Crippen LogP contribution in [0.4, 0.5) is 10.1 Å². The Morgan fingerprint density at radius 2 is 1.68 bits per heavy atom. The minimum Gasteiger partial charge on any atom is -0.284 e. The molecular formula is C22H19FN2O2S. The monoisotopic (exact) mass is 394 g/mol. The highest BCUT2D eigenvalue weighted by atomic mass is 32.2. The van der Waals surface area contributed by atoms with Gasteiger partial charge < -0.3 is 0 Å². The second kappa shape index (κ2) is 7.20. The summed E-state index contributed by atoms with van der Waals surface area (Å²) in [5.74, 6) is -0.296. The summed E-state index contributed by atoms with van der Waals surface area (Å²) in [6.45, 7) is 2.55. The number of hydrogen-bond donors (Lipinski definition) is 1. The summed E-state index contributed by atoms with van der Waals surface area (Å²) in [5.41, 5.74) is 4.86. The number of aryl methyl sites for hydroxylation is 1. The van der Waals surface area contributed by atoms with E-state index in [1.54, 1.807) is 54.6 Å². The summed E-state index contributed by atoms with van der Waals surface area (Å²) in [4.78, 5) is 4.76. The van der Waals surface area contributed by atoms with Crippen molar-refractivity contribution in [2.24, 2.45) is 4.99 Å². The van der Waals surface area contributed by atoms with Gasteiger partial charge >= 0.3 is 0 Å². The summed E-state index contributed by atoms with van der Waals surface area (Å²) < 4.78 is 41.3. The molecule has 0 saturated heterocycles. The molecule has 0 atom stereocenters. The van der Waals surface area contributed by atoms with Gasteiger partial charge in [0.05, 0.1) is 10.6 Å². The summed E-state index contributed by atoms with van der Waals surface area (Å²) in [5, 5.41) is 0. The Morgan fingerprint density at radius 3 is 2.39 bits per heavy atom. The van der Waals surface area contributed by atoms with Gasteiger partial charge in [-0.1, -0.05) is 35.9 Å². The van der Waals surface area contributed by atoms with Crippen LogP contribution in [0.25, 0.3) is 0 Å². The van der Waals surface area contributed by atoms with Crippen LogP contribution in [0.15, 0.2) is 76.6 Å². The van der Waals surface area contributed by atoms with Gasteiger partial charge in [0.2, 0.25) is 0 Å². The third-order valence-corrected chi connectivity index (χ3v) is 6.12. The molecule has 0 spiro atoms. The molecule has 28 heavy (non-hydrogen) atoms. The van der Waals surface area contributed by atoms with E-state index in [0.717, 1.165) is 34.4 Å². The second-order valence-corrected chi connectivity index (χ2v) is 8.46. The van der Waals surface area contributed by atoms with Crippen LogP contribution >= 0.6 is 0 Å². The summed E-state index contributed by atoms with van der Waals surface area (Å²) >= 11 is 0. The van der Waals surface area contributed by atoms with Crippen molar-refractivity contribution in [2.45, 2.75) is 18.2 Å². The van der Waals surface area contributed by atoms with E-state index < -0.39 is 10.0 Å². The number of hydrogen-bond acceptors (Lipinski definition) is 3. The first-order valence-corrected chi connectivity index (χ1v) is 10.4. The van der Waals surface area contributed by atoms with Crippen molar-refractivity contribution in [3.8, 4) is 0 Å². The van der Waals surface area contributed by atoms with Crippen molar-refractivity contribution in [3.05, 3.63) is 94.8 Å². The fourth-order valence-electron chi connectivity index (χ4n) is 3.23. The highest BCUT2D eigenvalue weighted by molar-refractivity contribution is 7.92. The average molecular weight is 394 g/mol. The van der Waals surface area contributed by atoms with E-state index in [2.05, 4.69) is 9.71 Å². The van der Waals surface area contributed by atoms with Crippen molar-refractivity contribution in [1.29, 1.82) is 0 Å². The molecule has 1 aliphatic rings. The van der Waals surface area contributed by atoms with Crippen LogP contribution in [0.5, 0.6) is 0 Å². The highest BCUT2D eigenvalue weighted by Gasteiger charge is 2.18. The maximum absolute atomic E-state index is 13.7. The number of halogens is 1. The van der Waals surface area contributed by atoms with E-state index in [4.69, 9.17) is 0 Å². The van der Waals surface area contributed by atoms with Gasteiger partial charge in [-0.3, -0.25) is 9.71 Å². The Hall–Kier alpha value is -2.99. The molecule has 0 radical (unpaired) electrons.